The van der Waals surface area contributed by atoms with E-state index in [1.165, 1.54) is 5.56 Å². The number of hydrogen-bond acceptors (Lipinski definition) is 2. The van der Waals surface area contributed by atoms with Gasteiger partial charge in [0.25, 0.3) is 0 Å². The lowest BCUT2D eigenvalue weighted by Crippen LogP contribution is -2.42. The molecule has 1 aromatic carbocycles. The molecule has 1 aliphatic heterocycles. The molecule has 0 radical (unpaired) electrons. The number of nitrogens with zero attached hydrogens (tertiary/aromatic N) is 1. The minimum absolute atomic E-state index is 0.127. The number of benzene rings is 1. The molecule has 23 heavy (non-hydrogen) atoms. The van der Waals surface area contributed by atoms with Crippen molar-refractivity contribution in [3.63, 3.8) is 0 Å². The van der Waals surface area contributed by atoms with E-state index < -0.39 is 0 Å². The van der Waals surface area contributed by atoms with Crippen LogP contribution in [-0.2, 0) is 11.2 Å². The summed E-state index contributed by atoms with van der Waals surface area (Å²) in [5, 5.41) is 5.82. The Morgan fingerprint density at radius 1 is 1.30 bits per heavy atom. The highest BCUT2D eigenvalue weighted by atomic mass is 16.2. The average Bonchev–Trinajstić information content (AvgIpc) is 2.96. The van der Waals surface area contributed by atoms with Gasteiger partial charge in [0, 0.05) is 32.1 Å². The van der Waals surface area contributed by atoms with Gasteiger partial charge >= 0.3 is 6.03 Å². The molecule has 5 heteroatoms. The normalized spacial score (nSPS) is 15.5. The maximum absolute atomic E-state index is 11.8. The summed E-state index contributed by atoms with van der Waals surface area (Å²) in [5.74, 6) is 0.240. The number of carbonyl (C=O) groups excluding carboxylic acids is 2. The molecule has 0 aromatic heterocycles. The number of likely N-dealkylation sites (tertiary alicyclic amines) is 1. The molecule has 0 unspecified atom stereocenters. The first-order chi connectivity index (χ1) is 11.1. The van der Waals surface area contributed by atoms with E-state index in [1.54, 1.807) is 0 Å². The molecule has 3 amide bonds. The van der Waals surface area contributed by atoms with E-state index in [1.807, 2.05) is 30.0 Å². The largest absolute Gasteiger partial charge is 0.343 e. The van der Waals surface area contributed by atoms with Gasteiger partial charge in [-0.2, -0.15) is 0 Å². The van der Waals surface area contributed by atoms with E-state index in [4.69, 9.17) is 0 Å². The summed E-state index contributed by atoms with van der Waals surface area (Å²) >= 11 is 0. The van der Waals surface area contributed by atoms with Crippen molar-refractivity contribution in [3.05, 3.63) is 35.9 Å². The highest BCUT2D eigenvalue weighted by molar-refractivity contribution is 5.78. The summed E-state index contributed by atoms with van der Waals surface area (Å²) in [6.45, 7) is 4.22. The topological polar surface area (TPSA) is 61.4 Å². The molecule has 1 saturated heterocycles. The van der Waals surface area contributed by atoms with E-state index in [2.05, 4.69) is 22.8 Å². The molecule has 0 aliphatic carbocycles. The highest BCUT2D eigenvalue weighted by Crippen LogP contribution is 2.09. The first kappa shape index (κ1) is 17.3. The summed E-state index contributed by atoms with van der Waals surface area (Å²) in [7, 11) is 0. The predicted octanol–water partition coefficient (Wildman–Crippen LogP) is 2.32. The molecule has 1 fully saturated rings. The SMILES string of the molecule is C[C@@H](CCc1ccccc1)NC(=O)NCCCN1CCCC1=O. The van der Waals surface area contributed by atoms with Crippen molar-refractivity contribution in [2.75, 3.05) is 19.6 Å². The highest BCUT2D eigenvalue weighted by Gasteiger charge is 2.19. The van der Waals surface area contributed by atoms with Crippen LogP contribution in [0.1, 0.15) is 38.2 Å². The quantitative estimate of drug-likeness (QED) is 0.723. The zero-order valence-corrected chi connectivity index (χ0v) is 13.9. The zero-order chi connectivity index (χ0) is 16.5. The van der Waals surface area contributed by atoms with Crippen LogP contribution >= 0.6 is 0 Å². The van der Waals surface area contributed by atoms with Crippen LogP contribution in [0.2, 0.25) is 0 Å². The van der Waals surface area contributed by atoms with Crippen molar-refractivity contribution in [2.45, 2.75) is 45.1 Å². The van der Waals surface area contributed by atoms with Gasteiger partial charge in [-0.15, -0.1) is 0 Å². The molecule has 1 aromatic rings. The third-order valence-corrected chi connectivity index (χ3v) is 4.15. The van der Waals surface area contributed by atoms with E-state index in [0.29, 0.717) is 13.0 Å². The van der Waals surface area contributed by atoms with Gasteiger partial charge in [-0.25, -0.2) is 4.79 Å². The lowest BCUT2D eigenvalue weighted by atomic mass is 10.1. The van der Waals surface area contributed by atoms with Crippen molar-refractivity contribution >= 4 is 11.9 Å². The van der Waals surface area contributed by atoms with Gasteiger partial charge < -0.3 is 15.5 Å². The Bertz CT molecular complexity index is 504. The monoisotopic (exact) mass is 317 g/mol. The van der Waals surface area contributed by atoms with E-state index in [9.17, 15) is 9.59 Å². The average molecular weight is 317 g/mol. The number of carbonyl (C=O) groups is 2. The minimum Gasteiger partial charge on any atom is -0.343 e. The fraction of sp³-hybridized carbons (Fsp3) is 0.556. The number of aryl methyl sites for hydroxylation is 1. The van der Waals surface area contributed by atoms with Gasteiger partial charge in [0.1, 0.15) is 0 Å². The third-order valence-electron chi connectivity index (χ3n) is 4.15. The van der Waals surface area contributed by atoms with Gasteiger partial charge in [0.2, 0.25) is 5.91 Å². The Kier molecular flexibility index (Phi) is 6.91. The van der Waals surface area contributed by atoms with Crippen molar-refractivity contribution in [3.8, 4) is 0 Å². The number of rotatable bonds is 8. The Morgan fingerprint density at radius 3 is 2.78 bits per heavy atom. The van der Waals surface area contributed by atoms with Crippen molar-refractivity contribution in [1.29, 1.82) is 0 Å². The molecule has 2 N–H and O–H groups in total. The fourth-order valence-electron chi connectivity index (χ4n) is 2.79. The molecular formula is C18H27N3O2. The second-order valence-electron chi connectivity index (χ2n) is 6.16. The smallest absolute Gasteiger partial charge is 0.314 e. The van der Waals surface area contributed by atoms with E-state index >= 15 is 0 Å². The summed E-state index contributed by atoms with van der Waals surface area (Å²) in [5.41, 5.74) is 1.29. The second-order valence-corrected chi connectivity index (χ2v) is 6.16. The van der Waals surface area contributed by atoms with Crippen LogP contribution in [0.4, 0.5) is 4.79 Å². The summed E-state index contributed by atoms with van der Waals surface area (Å²) < 4.78 is 0. The van der Waals surface area contributed by atoms with Crippen LogP contribution in [0, 0.1) is 0 Å². The number of amides is 3. The molecule has 0 spiro atoms. The number of nitrogens with one attached hydrogen (secondary N) is 2. The van der Waals surface area contributed by atoms with Gasteiger partial charge in [-0.05, 0) is 38.2 Å². The molecule has 1 aliphatic rings. The zero-order valence-electron chi connectivity index (χ0n) is 13.9. The van der Waals surface area contributed by atoms with Gasteiger partial charge in [0.15, 0.2) is 0 Å². The van der Waals surface area contributed by atoms with Gasteiger partial charge in [-0.1, -0.05) is 30.3 Å². The Labute approximate surface area is 138 Å². The summed E-state index contributed by atoms with van der Waals surface area (Å²) in [6, 6.07) is 10.3. The predicted molar refractivity (Wildman–Crippen MR) is 91.2 cm³/mol. The third kappa shape index (κ3) is 6.30. The molecule has 2 rings (SSSR count). The van der Waals surface area contributed by atoms with Crippen molar-refractivity contribution in [2.24, 2.45) is 0 Å². The van der Waals surface area contributed by atoms with Crippen molar-refractivity contribution < 1.29 is 9.59 Å². The van der Waals surface area contributed by atoms with Gasteiger partial charge in [-0.3, -0.25) is 4.79 Å². The number of hydrogen-bond donors (Lipinski definition) is 2. The lowest BCUT2D eigenvalue weighted by Gasteiger charge is -2.17. The summed E-state index contributed by atoms with van der Waals surface area (Å²) in [6.07, 6.45) is 4.31. The lowest BCUT2D eigenvalue weighted by molar-refractivity contribution is -0.127. The Hall–Kier alpha value is -2.04. The molecule has 5 nitrogen and oxygen atoms in total. The molecular weight excluding hydrogens is 290 g/mol. The molecule has 126 valence electrons. The van der Waals surface area contributed by atoms with Crippen LogP contribution in [0.3, 0.4) is 0 Å². The van der Waals surface area contributed by atoms with Crippen LogP contribution in [0.5, 0.6) is 0 Å². The van der Waals surface area contributed by atoms with Crippen molar-refractivity contribution in [1.82, 2.24) is 15.5 Å². The first-order valence-corrected chi connectivity index (χ1v) is 8.51. The first-order valence-electron chi connectivity index (χ1n) is 8.51. The van der Waals surface area contributed by atoms with Crippen LogP contribution in [0.25, 0.3) is 0 Å². The molecule has 0 bridgehead atoms. The molecule has 0 saturated carbocycles. The Morgan fingerprint density at radius 2 is 2.09 bits per heavy atom. The molecule has 1 atom stereocenters. The fourth-order valence-corrected chi connectivity index (χ4v) is 2.79. The maximum atomic E-state index is 11.8. The standard InChI is InChI=1S/C18H27N3O2/c1-15(10-11-16-7-3-2-4-8-16)20-18(23)19-12-6-14-21-13-5-9-17(21)22/h2-4,7-8,15H,5-6,9-14H2,1H3,(H2,19,20,23)/t15-/m0/s1. The minimum atomic E-state index is -0.127. The van der Waals surface area contributed by atoms with E-state index in [-0.39, 0.29) is 18.0 Å². The van der Waals surface area contributed by atoms with Crippen LogP contribution in [-0.4, -0.2) is 42.5 Å². The Balaban J connectivity index is 1.54. The summed E-state index contributed by atoms with van der Waals surface area (Å²) in [4.78, 5) is 25.2. The van der Waals surface area contributed by atoms with Crippen LogP contribution < -0.4 is 10.6 Å². The van der Waals surface area contributed by atoms with Crippen LogP contribution in [0.15, 0.2) is 30.3 Å². The van der Waals surface area contributed by atoms with E-state index in [0.717, 1.165) is 38.8 Å². The maximum Gasteiger partial charge on any atom is 0.314 e. The number of urea groups is 1. The molecule has 1 heterocycles. The second kappa shape index (κ2) is 9.18. The van der Waals surface area contributed by atoms with Gasteiger partial charge in [0.05, 0.1) is 0 Å².